The van der Waals surface area contributed by atoms with Gasteiger partial charge in [-0.15, -0.1) is 0 Å². The molecule has 1 fully saturated rings. The number of alkyl halides is 1. The van der Waals surface area contributed by atoms with Crippen molar-refractivity contribution in [2.75, 3.05) is 18.4 Å². The molecule has 1 aromatic heterocycles. The second-order valence-corrected chi connectivity index (χ2v) is 8.97. The van der Waals surface area contributed by atoms with Gasteiger partial charge in [-0.2, -0.15) is 0 Å². The molecule has 1 aromatic rings. The Kier molecular flexibility index (Phi) is 15.2. The molecule has 0 spiro atoms. The van der Waals surface area contributed by atoms with Gasteiger partial charge in [0.15, 0.2) is 5.78 Å². The number of nitrogens with zero attached hydrogens (tertiary/aromatic N) is 2. The van der Waals surface area contributed by atoms with Crippen LogP contribution in [0, 0.1) is 6.92 Å². The first-order chi connectivity index (χ1) is 16.9. The van der Waals surface area contributed by atoms with E-state index in [1.165, 1.54) is 6.92 Å². The number of ketones is 1. The van der Waals surface area contributed by atoms with Crippen LogP contribution in [0.2, 0.25) is 0 Å². The van der Waals surface area contributed by atoms with Crippen molar-refractivity contribution < 1.29 is 9.18 Å². The highest BCUT2D eigenvalue weighted by atomic mass is 19.1. The molecule has 2 rings (SSSR count). The lowest BCUT2D eigenvalue weighted by Gasteiger charge is -2.25. The molecular weight excluding hydrogens is 453 g/mol. The summed E-state index contributed by atoms with van der Waals surface area (Å²) in [5.41, 5.74) is 9.78. The minimum atomic E-state index is -0.884. The fourth-order valence-corrected chi connectivity index (χ4v) is 3.28. The van der Waals surface area contributed by atoms with Gasteiger partial charge in [-0.1, -0.05) is 33.1 Å². The van der Waals surface area contributed by atoms with Crippen LogP contribution in [0.15, 0.2) is 65.1 Å². The Balaban J connectivity index is 0.00000102. The number of aryl methyl sites for hydroxylation is 1. The summed E-state index contributed by atoms with van der Waals surface area (Å²) in [6, 6.07) is 1.69. The highest BCUT2D eigenvalue weighted by Gasteiger charge is 2.24. The van der Waals surface area contributed by atoms with Crippen molar-refractivity contribution in [2.24, 2.45) is 10.7 Å². The maximum atomic E-state index is 12.8. The van der Waals surface area contributed by atoms with Crippen molar-refractivity contribution in [3.8, 4) is 0 Å². The number of allylic oxidation sites excluding steroid dienone is 3. The molecule has 36 heavy (non-hydrogen) atoms. The van der Waals surface area contributed by atoms with Gasteiger partial charge in [0.1, 0.15) is 11.5 Å². The number of hydrogen-bond donors (Lipinski definition) is 3. The third kappa shape index (κ3) is 12.6. The lowest BCUT2D eigenvalue weighted by molar-refractivity contribution is 0.101. The standard InChI is InChI=1S/C21H28N4O.C6H12FN.C2H6/c1-8-15(4)23-11-13(2)9-19(16(5)22)17(6)25-21-20(18(7)26)10-14(3)12-24-21;1-6(7)2-4-8-5-3-6;1-2/h8-12,17H,1,4,22H2,2-3,5-7H3,(H,24,25);8H,2-5H2,1H3;1-2H3/b13-9-,19-16-,23-11?;;. The zero-order valence-electron chi connectivity index (χ0n) is 23.5. The van der Waals surface area contributed by atoms with Crippen molar-refractivity contribution in [2.45, 2.75) is 79.9 Å². The van der Waals surface area contributed by atoms with Crippen molar-refractivity contribution in [1.29, 1.82) is 0 Å². The summed E-state index contributed by atoms with van der Waals surface area (Å²) in [5.74, 6) is 0.516. The molecule has 1 aliphatic heterocycles. The Labute approximate surface area is 217 Å². The number of Topliss-reactive ketones (excluding diaryl/α,β-unsaturated/α-hetero) is 1. The summed E-state index contributed by atoms with van der Waals surface area (Å²) in [7, 11) is 0. The predicted octanol–water partition coefficient (Wildman–Crippen LogP) is 6.47. The van der Waals surface area contributed by atoms with Gasteiger partial charge in [-0.05, 0) is 96.3 Å². The maximum Gasteiger partial charge on any atom is 0.163 e. The van der Waals surface area contributed by atoms with E-state index < -0.39 is 5.67 Å². The molecule has 0 radical (unpaired) electrons. The first kappa shape index (κ1) is 32.9. The third-order valence-corrected chi connectivity index (χ3v) is 5.38. The quantitative estimate of drug-likeness (QED) is 0.217. The van der Waals surface area contributed by atoms with E-state index in [1.54, 1.807) is 25.4 Å². The Morgan fingerprint density at radius 2 is 1.89 bits per heavy atom. The van der Waals surface area contributed by atoms with E-state index in [2.05, 4.69) is 33.8 Å². The summed E-state index contributed by atoms with van der Waals surface area (Å²) < 4.78 is 12.8. The second kappa shape index (κ2) is 16.6. The number of rotatable bonds is 8. The zero-order valence-corrected chi connectivity index (χ0v) is 23.5. The van der Waals surface area contributed by atoms with Crippen LogP contribution in [-0.4, -0.2) is 41.8 Å². The van der Waals surface area contributed by atoms with E-state index in [0.29, 0.717) is 35.6 Å². The number of carbonyl (C=O) groups excluding carboxylic acids is 1. The van der Waals surface area contributed by atoms with Crippen LogP contribution in [0.5, 0.6) is 0 Å². The first-order valence-corrected chi connectivity index (χ1v) is 12.5. The lowest BCUT2D eigenvalue weighted by Crippen LogP contribution is -2.36. The fraction of sp³-hybridized carbons (Fsp3) is 0.483. The molecule has 1 saturated heterocycles. The minimum absolute atomic E-state index is 0.0345. The van der Waals surface area contributed by atoms with Crippen LogP contribution in [-0.2, 0) is 0 Å². The predicted molar refractivity (Wildman–Crippen MR) is 154 cm³/mol. The summed E-state index contributed by atoms with van der Waals surface area (Å²) in [4.78, 5) is 20.5. The smallest absolute Gasteiger partial charge is 0.163 e. The number of carbonyl (C=O) groups is 1. The van der Waals surface area contributed by atoms with E-state index in [4.69, 9.17) is 5.73 Å². The molecule has 0 aromatic carbocycles. The van der Waals surface area contributed by atoms with Crippen LogP contribution in [0.25, 0.3) is 0 Å². The molecule has 2 heterocycles. The van der Waals surface area contributed by atoms with Gasteiger partial charge in [0, 0.05) is 18.1 Å². The van der Waals surface area contributed by atoms with Gasteiger partial charge in [-0.25, -0.2) is 9.37 Å². The number of halogens is 1. The molecule has 1 aliphatic rings. The highest BCUT2D eigenvalue weighted by molar-refractivity contribution is 5.98. The summed E-state index contributed by atoms with van der Waals surface area (Å²) in [5, 5.41) is 6.39. The van der Waals surface area contributed by atoms with E-state index in [-0.39, 0.29) is 11.8 Å². The largest absolute Gasteiger partial charge is 0.402 e. The van der Waals surface area contributed by atoms with Crippen LogP contribution in [0.4, 0.5) is 10.2 Å². The number of aromatic nitrogens is 1. The van der Waals surface area contributed by atoms with Gasteiger partial charge in [0.25, 0.3) is 0 Å². The molecule has 4 N–H and O–H groups in total. The Morgan fingerprint density at radius 3 is 2.33 bits per heavy atom. The molecular formula is C29H46FN5O. The van der Waals surface area contributed by atoms with Crippen molar-refractivity contribution >= 4 is 17.8 Å². The minimum Gasteiger partial charge on any atom is -0.402 e. The molecule has 1 unspecified atom stereocenters. The first-order valence-electron chi connectivity index (χ1n) is 12.5. The number of pyridine rings is 1. The van der Waals surface area contributed by atoms with Gasteiger partial charge in [0.05, 0.1) is 17.3 Å². The Bertz CT molecular complexity index is 964. The van der Waals surface area contributed by atoms with E-state index in [9.17, 15) is 9.18 Å². The van der Waals surface area contributed by atoms with Crippen LogP contribution in [0.3, 0.4) is 0 Å². The number of nitrogens with one attached hydrogen (secondary N) is 2. The molecule has 0 amide bonds. The molecule has 1 atom stereocenters. The monoisotopic (exact) mass is 499 g/mol. The zero-order chi connectivity index (χ0) is 27.9. The van der Waals surface area contributed by atoms with Crippen molar-refractivity contribution in [1.82, 2.24) is 10.3 Å². The molecule has 0 saturated carbocycles. The maximum absolute atomic E-state index is 12.8. The molecule has 6 nitrogen and oxygen atoms in total. The van der Waals surface area contributed by atoms with Crippen molar-refractivity contribution in [3.63, 3.8) is 0 Å². The summed E-state index contributed by atoms with van der Waals surface area (Å²) >= 11 is 0. The Hall–Kier alpha value is -3.06. The summed E-state index contributed by atoms with van der Waals surface area (Å²) in [6.45, 7) is 23.9. The van der Waals surface area contributed by atoms with Crippen LogP contribution in [0.1, 0.15) is 77.2 Å². The van der Waals surface area contributed by atoms with Crippen LogP contribution >= 0.6 is 0 Å². The number of piperidine rings is 1. The van der Waals surface area contributed by atoms with Gasteiger partial charge < -0.3 is 16.4 Å². The number of aliphatic imine (C=N–C) groups is 1. The van der Waals surface area contributed by atoms with Gasteiger partial charge >= 0.3 is 0 Å². The van der Waals surface area contributed by atoms with Gasteiger partial charge in [-0.3, -0.25) is 9.79 Å². The van der Waals surface area contributed by atoms with Crippen LogP contribution < -0.4 is 16.4 Å². The molecule has 200 valence electrons. The number of nitrogens with two attached hydrogens (primary N) is 1. The second-order valence-electron chi connectivity index (χ2n) is 8.97. The van der Waals surface area contributed by atoms with E-state index in [0.717, 1.165) is 29.8 Å². The van der Waals surface area contributed by atoms with E-state index in [1.807, 2.05) is 53.7 Å². The van der Waals surface area contributed by atoms with Gasteiger partial charge in [0.2, 0.25) is 0 Å². The highest BCUT2D eigenvalue weighted by Crippen LogP contribution is 2.21. The fourth-order valence-electron chi connectivity index (χ4n) is 3.28. The Morgan fingerprint density at radius 1 is 1.31 bits per heavy atom. The van der Waals surface area contributed by atoms with E-state index >= 15 is 0 Å². The van der Waals surface area contributed by atoms with Crippen molar-refractivity contribution in [3.05, 3.63) is 71.2 Å². The molecule has 7 heteroatoms. The molecule has 0 aliphatic carbocycles. The topological polar surface area (TPSA) is 92.4 Å². The lowest BCUT2D eigenvalue weighted by atomic mass is 9.97. The average Bonchev–Trinajstić information content (AvgIpc) is 2.83. The SMILES string of the molecule is C=CC(=C)N=C/C(C)=C\C(=C(/C)N)C(C)Nc1ncc(C)cc1C(C)=O.CC.CC1(F)CCNCC1. The normalized spacial score (nSPS) is 16.4. The number of anilines is 1. The average molecular weight is 500 g/mol. The number of hydrogen-bond acceptors (Lipinski definition) is 6. The molecule has 0 bridgehead atoms. The summed E-state index contributed by atoms with van der Waals surface area (Å²) in [6.07, 6.45) is 8.33. The third-order valence-electron chi connectivity index (χ3n) is 5.38.